The van der Waals surface area contributed by atoms with Crippen LogP contribution >= 0.6 is 0 Å². The van der Waals surface area contributed by atoms with Crippen molar-refractivity contribution in [1.82, 2.24) is 5.32 Å². The minimum Gasteiger partial charge on any atom is -0.508 e. The molecule has 0 aliphatic carbocycles. The molecule has 2 N–H and O–H groups in total. The lowest BCUT2D eigenvalue weighted by Gasteiger charge is -2.26. The molecular formula is C11H15NO3S. The molecule has 1 aliphatic rings. The summed E-state index contributed by atoms with van der Waals surface area (Å²) in [6.07, 6.45) is 0.380. The molecule has 2 rings (SSSR count). The Morgan fingerprint density at radius 2 is 2.00 bits per heavy atom. The van der Waals surface area contributed by atoms with Crippen molar-refractivity contribution < 1.29 is 13.5 Å². The van der Waals surface area contributed by atoms with Crippen LogP contribution in [0.15, 0.2) is 24.3 Å². The van der Waals surface area contributed by atoms with E-state index in [4.69, 9.17) is 0 Å². The molecule has 0 bridgehead atoms. The summed E-state index contributed by atoms with van der Waals surface area (Å²) in [4.78, 5) is 0. The molecule has 0 amide bonds. The van der Waals surface area contributed by atoms with Crippen molar-refractivity contribution >= 4 is 9.84 Å². The summed E-state index contributed by atoms with van der Waals surface area (Å²) in [6, 6.07) is 6.85. The predicted octanol–water partition coefficient (Wildman–Crippen LogP) is 0.321. The summed E-state index contributed by atoms with van der Waals surface area (Å²) in [7, 11) is -3.01. The summed E-state index contributed by atoms with van der Waals surface area (Å²) in [5.74, 6) is 0.279. The van der Waals surface area contributed by atoms with Gasteiger partial charge in [-0.1, -0.05) is 18.2 Å². The van der Waals surface area contributed by atoms with Crippen molar-refractivity contribution in [3.63, 3.8) is 0 Å². The van der Waals surface area contributed by atoms with Gasteiger partial charge in [0.25, 0.3) is 0 Å². The van der Waals surface area contributed by atoms with E-state index in [1.807, 2.05) is 0 Å². The lowest BCUT2D eigenvalue weighted by Crippen LogP contribution is -2.52. The Balaban J connectivity index is 1.99. The van der Waals surface area contributed by atoms with Gasteiger partial charge in [-0.15, -0.1) is 0 Å². The Bertz CT molecular complexity index is 466. The number of hydrogen-bond acceptors (Lipinski definition) is 4. The van der Waals surface area contributed by atoms with Gasteiger partial charge in [0.15, 0.2) is 9.84 Å². The molecule has 1 saturated heterocycles. The smallest absolute Gasteiger partial charge is 0.155 e. The molecule has 0 atom stereocenters. The zero-order valence-corrected chi connectivity index (χ0v) is 9.70. The third-order valence-corrected chi connectivity index (χ3v) is 5.02. The normalized spacial score (nSPS) is 17.0. The van der Waals surface area contributed by atoms with Crippen molar-refractivity contribution in [1.29, 1.82) is 0 Å². The Kier molecular flexibility index (Phi) is 3.16. The Morgan fingerprint density at radius 1 is 1.31 bits per heavy atom. The Labute approximate surface area is 95.2 Å². The number of rotatable bonds is 4. The summed E-state index contributed by atoms with van der Waals surface area (Å²) in [5.41, 5.74) is 0.693. The second-order valence-corrected chi connectivity index (χ2v) is 6.43. The first-order valence-electron chi connectivity index (χ1n) is 5.29. The van der Waals surface area contributed by atoms with Crippen molar-refractivity contribution in [3.8, 4) is 5.75 Å². The number of aryl methyl sites for hydroxylation is 1. The molecule has 1 fully saturated rings. The number of sulfone groups is 1. The molecule has 0 unspecified atom stereocenters. The number of phenolic OH excluding ortho intramolecular Hbond substituents is 1. The lowest BCUT2D eigenvalue weighted by atomic mass is 10.1. The van der Waals surface area contributed by atoms with Gasteiger partial charge < -0.3 is 10.4 Å². The highest BCUT2D eigenvalue weighted by Crippen LogP contribution is 2.18. The van der Waals surface area contributed by atoms with Crippen LogP contribution in [0.25, 0.3) is 0 Å². The zero-order chi connectivity index (χ0) is 11.6. The number of hydrogen-bond donors (Lipinski definition) is 2. The van der Waals surface area contributed by atoms with Gasteiger partial charge in [-0.05, 0) is 18.1 Å². The topological polar surface area (TPSA) is 66.4 Å². The molecule has 4 nitrogen and oxygen atoms in total. The summed E-state index contributed by atoms with van der Waals surface area (Å²) >= 11 is 0. The fourth-order valence-electron chi connectivity index (χ4n) is 1.66. The van der Waals surface area contributed by atoms with Gasteiger partial charge in [0.2, 0.25) is 0 Å². The first kappa shape index (κ1) is 11.4. The minimum atomic E-state index is -3.01. The highest BCUT2D eigenvalue weighted by Gasteiger charge is 2.30. The Morgan fingerprint density at radius 3 is 2.56 bits per heavy atom. The van der Waals surface area contributed by atoms with E-state index in [1.165, 1.54) is 0 Å². The maximum Gasteiger partial charge on any atom is 0.155 e. The first-order chi connectivity index (χ1) is 7.59. The Hall–Kier alpha value is -1.07. The van der Waals surface area contributed by atoms with Crippen LogP contribution in [0.2, 0.25) is 0 Å². The van der Waals surface area contributed by atoms with E-state index in [1.54, 1.807) is 24.3 Å². The number of nitrogens with one attached hydrogen (secondary N) is 1. The van der Waals surface area contributed by atoms with Crippen LogP contribution in [0.5, 0.6) is 5.75 Å². The highest BCUT2D eigenvalue weighted by atomic mass is 32.2. The van der Waals surface area contributed by atoms with Crippen molar-refractivity contribution in [2.24, 2.45) is 0 Å². The van der Waals surface area contributed by atoms with Crippen molar-refractivity contribution in [2.45, 2.75) is 11.7 Å². The standard InChI is InChI=1S/C11H15NO3S/c13-11-4-2-1-3-9(11)5-6-16(14,15)10-7-12-8-10/h1-4,10,12-13H,5-8H2. The predicted molar refractivity (Wildman–Crippen MR) is 62.3 cm³/mol. The maximum atomic E-state index is 11.8. The quantitative estimate of drug-likeness (QED) is 0.797. The molecule has 1 heterocycles. The van der Waals surface area contributed by atoms with Gasteiger partial charge in [0.05, 0.1) is 11.0 Å². The average molecular weight is 241 g/mol. The third-order valence-electron chi connectivity index (χ3n) is 2.90. The lowest BCUT2D eigenvalue weighted by molar-refractivity contribution is 0.468. The maximum absolute atomic E-state index is 11.8. The summed E-state index contributed by atoms with van der Waals surface area (Å²) < 4.78 is 23.6. The zero-order valence-electron chi connectivity index (χ0n) is 8.89. The minimum absolute atomic E-state index is 0.108. The van der Waals surface area contributed by atoms with E-state index in [2.05, 4.69) is 5.32 Å². The average Bonchev–Trinajstić information content (AvgIpc) is 2.13. The van der Waals surface area contributed by atoms with Gasteiger partial charge in [-0.3, -0.25) is 0 Å². The van der Waals surface area contributed by atoms with Gasteiger partial charge in [-0.2, -0.15) is 0 Å². The molecule has 0 radical (unpaired) electrons. The SMILES string of the molecule is O=S(=O)(CCc1ccccc1O)C1CNC1. The third kappa shape index (κ3) is 2.36. The molecule has 1 aromatic rings. The molecule has 0 aromatic heterocycles. The first-order valence-corrected chi connectivity index (χ1v) is 7.00. The van der Waals surface area contributed by atoms with Crippen LogP contribution in [0.3, 0.4) is 0 Å². The van der Waals surface area contributed by atoms with Crippen LogP contribution in [0, 0.1) is 0 Å². The number of phenols is 1. The van der Waals surface area contributed by atoms with E-state index < -0.39 is 9.84 Å². The molecule has 0 spiro atoms. The van der Waals surface area contributed by atoms with Gasteiger partial charge in [-0.25, -0.2) is 8.42 Å². The van der Waals surface area contributed by atoms with Crippen LogP contribution in [-0.4, -0.2) is 37.6 Å². The monoisotopic (exact) mass is 241 g/mol. The molecule has 16 heavy (non-hydrogen) atoms. The molecule has 0 saturated carbocycles. The molecule has 88 valence electrons. The fraction of sp³-hybridized carbons (Fsp3) is 0.455. The van der Waals surface area contributed by atoms with Crippen LogP contribution in [-0.2, 0) is 16.3 Å². The second-order valence-electron chi connectivity index (χ2n) is 4.03. The number of para-hydroxylation sites is 1. The van der Waals surface area contributed by atoms with Gasteiger partial charge in [0, 0.05) is 13.1 Å². The number of benzene rings is 1. The van der Waals surface area contributed by atoms with E-state index in [9.17, 15) is 13.5 Å². The molecule has 5 heteroatoms. The van der Waals surface area contributed by atoms with Crippen LogP contribution in [0.4, 0.5) is 0 Å². The number of aromatic hydroxyl groups is 1. The van der Waals surface area contributed by atoms with E-state index >= 15 is 0 Å². The largest absolute Gasteiger partial charge is 0.508 e. The van der Waals surface area contributed by atoms with E-state index in [-0.39, 0.29) is 16.8 Å². The van der Waals surface area contributed by atoms with Gasteiger partial charge in [0.1, 0.15) is 5.75 Å². The molecule has 1 aliphatic heterocycles. The second kappa shape index (κ2) is 4.43. The van der Waals surface area contributed by atoms with E-state index in [0.717, 1.165) is 0 Å². The summed E-state index contributed by atoms with van der Waals surface area (Å²) in [5, 5.41) is 12.2. The van der Waals surface area contributed by atoms with Crippen LogP contribution < -0.4 is 5.32 Å². The fourth-order valence-corrected chi connectivity index (χ4v) is 3.24. The van der Waals surface area contributed by atoms with Crippen LogP contribution in [0.1, 0.15) is 5.56 Å². The van der Waals surface area contributed by atoms with Crippen molar-refractivity contribution in [3.05, 3.63) is 29.8 Å². The molecular weight excluding hydrogens is 226 g/mol. The van der Waals surface area contributed by atoms with Crippen molar-refractivity contribution in [2.75, 3.05) is 18.8 Å². The summed E-state index contributed by atoms with van der Waals surface area (Å²) in [6.45, 7) is 1.12. The highest BCUT2D eigenvalue weighted by molar-refractivity contribution is 7.92. The van der Waals surface area contributed by atoms with Gasteiger partial charge >= 0.3 is 0 Å². The van der Waals surface area contributed by atoms with E-state index in [0.29, 0.717) is 25.1 Å². The molecule has 1 aromatic carbocycles.